The van der Waals surface area contributed by atoms with Crippen molar-refractivity contribution < 1.29 is 0 Å². The predicted octanol–water partition coefficient (Wildman–Crippen LogP) is 4.79. The van der Waals surface area contributed by atoms with Gasteiger partial charge in [-0.3, -0.25) is 0 Å². The molecule has 0 aliphatic carbocycles. The summed E-state index contributed by atoms with van der Waals surface area (Å²) in [7, 11) is 0. The molecule has 0 bridgehead atoms. The van der Waals surface area contributed by atoms with Crippen molar-refractivity contribution in [1.29, 1.82) is 0 Å². The van der Waals surface area contributed by atoms with E-state index >= 15 is 0 Å². The van der Waals surface area contributed by atoms with Crippen LogP contribution in [0.1, 0.15) is 11.1 Å². The number of hydrogen-bond acceptors (Lipinski definition) is 2. The molecule has 90 valence electrons. The molecule has 2 aromatic carbocycles. The first-order chi connectivity index (χ1) is 8.84. The average Bonchev–Trinajstić information content (AvgIpc) is 2.42. The first kappa shape index (κ1) is 12.2. The third-order valence-corrected chi connectivity index (χ3v) is 2.52. The molecule has 0 aromatic heterocycles. The van der Waals surface area contributed by atoms with Gasteiger partial charge in [0.05, 0.1) is 12.2 Å². The van der Waals surface area contributed by atoms with Crippen LogP contribution < -0.4 is 0 Å². The van der Waals surface area contributed by atoms with Gasteiger partial charge in [-0.15, -0.1) is 0 Å². The fourth-order valence-electron chi connectivity index (χ4n) is 1.53. The van der Waals surface area contributed by atoms with Crippen LogP contribution in [-0.2, 0) is 0 Å². The zero-order valence-corrected chi connectivity index (χ0v) is 10.5. The minimum Gasteiger partial charge on any atom is -0.184 e. The molecule has 18 heavy (non-hydrogen) atoms. The molecule has 0 aliphatic rings. The number of aryl methyl sites for hydroxylation is 1. The zero-order valence-electron chi connectivity index (χ0n) is 10.5. The van der Waals surface area contributed by atoms with Crippen LogP contribution in [0, 0.1) is 6.92 Å². The molecule has 2 aromatic rings. The van der Waals surface area contributed by atoms with Crippen molar-refractivity contribution in [2.75, 3.05) is 6.54 Å². The van der Waals surface area contributed by atoms with Crippen molar-refractivity contribution in [3.05, 3.63) is 71.8 Å². The lowest BCUT2D eigenvalue weighted by atomic mass is 10.2. The van der Waals surface area contributed by atoms with Gasteiger partial charge in [-0.1, -0.05) is 60.2 Å². The molecule has 0 saturated carbocycles. The molecule has 0 N–H and O–H groups in total. The molecule has 0 radical (unpaired) electrons. The van der Waals surface area contributed by atoms with E-state index in [2.05, 4.69) is 29.3 Å². The molecule has 0 spiro atoms. The molecule has 0 fully saturated rings. The first-order valence-electron chi connectivity index (χ1n) is 6.00. The van der Waals surface area contributed by atoms with Gasteiger partial charge in [0.25, 0.3) is 0 Å². The van der Waals surface area contributed by atoms with E-state index < -0.39 is 0 Å². The summed E-state index contributed by atoms with van der Waals surface area (Å²) in [6, 6.07) is 18.2. The third kappa shape index (κ3) is 3.98. The van der Waals surface area contributed by atoms with E-state index in [-0.39, 0.29) is 0 Å². The summed E-state index contributed by atoms with van der Waals surface area (Å²) in [5.41, 5.74) is 3.31. The van der Waals surface area contributed by atoms with Crippen LogP contribution in [0.4, 0.5) is 5.69 Å². The average molecular weight is 236 g/mol. The number of benzene rings is 2. The maximum atomic E-state index is 4.15. The second kappa shape index (κ2) is 6.50. The van der Waals surface area contributed by atoms with Gasteiger partial charge in [-0.25, -0.2) is 0 Å². The fraction of sp³-hybridized carbons (Fsp3) is 0.125. The third-order valence-electron chi connectivity index (χ3n) is 2.52. The summed E-state index contributed by atoms with van der Waals surface area (Å²) >= 11 is 0. The highest BCUT2D eigenvalue weighted by Crippen LogP contribution is 2.12. The number of rotatable bonds is 4. The Labute approximate surface area is 108 Å². The van der Waals surface area contributed by atoms with E-state index in [1.165, 1.54) is 11.1 Å². The monoisotopic (exact) mass is 236 g/mol. The zero-order chi connectivity index (χ0) is 12.6. The molecule has 0 atom stereocenters. The summed E-state index contributed by atoms with van der Waals surface area (Å²) in [6.45, 7) is 2.66. The van der Waals surface area contributed by atoms with Crippen LogP contribution in [0.25, 0.3) is 6.08 Å². The second-order valence-corrected chi connectivity index (χ2v) is 4.07. The Hall–Kier alpha value is -2.22. The minimum absolute atomic E-state index is 0.600. The number of hydrogen-bond donors (Lipinski definition) is 0. The Morgan fingerprint density at radius 1 is 0.944 bits per heavy atom. The maximum Gasteiger partial charge on any atom is 0.0852 e. The summed E-state index contributed by atoms with van der Waals surface area (Å²) < 4.78 is 0. The van der Waals surface area contributed by atoms with Gasteiger partial charge >= 0.3 is 0 Å². The highest BCUT2D eigenvalue weighted by atomic mass is 15.1. The van der Waals surface area contributed by atoms with E-state index in [9.17, 15) is 0 Å². The Morgan fingerprint density at radius 3 is 2.39 bits per heavy atom. The van der Waals surface area contributed by atoms with Crippen LogP contribution in [-0.4, -0.2) is 6.54 Å². The lowest BCUT2D eigenvalue weighted by Crippen LogP contribution is -1.73. The molecule has 0 unspecified atom stereocenters. The van der Waals surface area contributed by atoms with Crippen LogP contribution in [0.2, 0.25) is 0 Å². The van der Waals surface area contributed by atoms with Gasteiger partial charge < -0.3 is 0 Å². The minimum atomic E-state index is 0.600. The Balaban J connectivity index is 1.85. The van der Waals surface area contributed by atoms with Crippen LogP contribution in [0.5, 0.6) is 0 Å². The molecule has 2 nitrogen and oxygen atoms in total. The molecule has 0 amide bonds. The van der Waals surface area contributed by atoms with Crippen molar-refractivity contribution in [2.45, 2.75) is 6.92 Å². The Bertz CT molecular complexity index is 525. The van der Waals surface area contributed by atoms with Crippen LogP contribution in [0.15, 0.2) is 70.9 Å². The highest BCUT2D eigenvalue weighted by Gasteiger charge is 1.87. The predicted molar refractivity (Wildman–Crippen MR) is 76.0 cm³/mol. The van der Waals surface area contributed by atoms with Gasteiger partial charge in [0.1, 0.15) is 0 Å². The van der Waals surface area contributed by atoms with E-state index in [4.69, 9.17) is 0 Å². The van der Waals surface area contributed by atoms with Gasteiger partial charge in [-0.05, 0) is 24.6 Å². The van der Waals surface area contributed by atoms with Gasteiger partial charge in [0.15, 0.2) is 0 Å². The normalized spacial score (nSPS) is 11.4. The van der Waals surface area contributed by atoms with Crippen LogP contribution in [0.3, 0.4) is 0 Å². The largest absolute Gasteiger partial charge is 0.184 e. The SMILES string of the molecule is Cc1ccc(N=NCC=Cc2ccccc2)cc1. The quantitative estimate of drug-likeness (QED) is 0.682. The topological polar surface area (TPSA) is 24.7 Å². The van der Waals surface area contributed by atoms with Gasteiger partial charge in [0.2, 0.25) is 0 Å². The lowest BCUT2D eigenvalue weighted by molar-refractivity contribution is 1.07. The Kier molecular flexibility index (Phi) is 4.42. The van der Waals surface area contributed by atoms with Crippen molar-refractivity contribution in [3.63, 3.8) is 0 Å². The van der Waals surface area contributed by atoms with E-state index in [1.807, 2.05) is 54.6 Å². The van der Waals surface area contributed by atoms with E-state index in [0.717, 1.165) is 5.69 Å². The number of nitrogens with zero attached hydrogens (tertiary/aromatic N) is 2. The first-order valence-corrected chi connectivity index (χ1v) is 6.00. The molecule has 0 heterocycles. The van der Waals surface area contributed by atoms with E-state index in [1.54, 1.807) is 0 Å². The lowest BCUT2D eigenvalue weighted by Gasteiger charge is -1.93. The van der Waals surface area contributed by atoms with Crippen molar-refractivity contribution >= 4 is 11.8 Å². The maximum absolute atomic E-state index is 4.15. The molecule has 0 saturated heterocycles. The number of azo groups is 1. The summed E-state index contributed by atoms with van der Waals surface area (Å²) in [5, 5.41) is 8.28. The smallest absolute Gasteiger partial charge is 0.0852 e. The summed E-state index contributed by atoms with van der Waals surface area (Å²) in [5.74, 6) is 0. The molecule has 2 heteroatoms. The van der Waals surface area contributed by atoms with Crippen molar-refractivity contribution in [2.24, 2.45) is 10.2 Å². The summed E-state index contributed by atoms with van der Waals surface area (Å²) in [4.78, 5) is 0. The standard InChI is InChI=1S/C16H16N2/c1-14-9-11-16(12-10-14)18-17-13-5-8-15-6-3-2-4-7-15/h2-12H,13H2,1H3. The molecular formula is C16H16N2. The van der Waals surface area contributed by atoms with Gasteiger partial charge in [0, 0.05) is 0 Å². The Morgan fingerprint density at radius 2 is 1.67 bits per heavy atom. The van der Waals surface area contributed by atoms with Crippen molar-refractivity contribution in [1.82, 2.24) is 0 Å². The molecule has 2 rings (SSSR count). The van der Waals surface area contributed by atoms with E-state index in [0.29, 0.717) is 6.54 Å². The second-order valence-electron chi connectivity index (χ2n) is 4.07. The van der Waals surface area contributed by atoms with Gasteiger partial charge in [-0.2, -0.15) is 10.2 Å². The highest BCUT2D eigenvalue weighted by molar-refractivity contribution is 5.48. The van der Waals surface area contributed by atoms with Crippen molar-refractivity contribution in [3.8, 4) is 0 Å². The fourth-order valence-corrected chi connectivity index (χ4v) is 1.53. The molecular weight excluding hydrogens is 220 g/mol. The van der Waals surface area contributed by atoms with Crippen LogP contribution >= 0.6 is 0 Å². The summed E-state index contributed by atoms with van der Waals surface area (Å²) in [6.07, 6.45) is 4.06. The molecule has 0 aliphatic heterocycles.